The molecule has 0 nitrogen and oxygen atoms in total. The first-order valence-electron chi connectivity index (χ1n) is 21.9. The summed E-state index contributed by atoms with van der Waals surface area (Å²) in [5.74, 6) is 0. The molecule has 0 radical (unpaired) electrons. The number of benzene rings is 4. The van der Waals surface area contributed by atoms with Gasteiger partial charge in [-0.1, -0.05) is 189 Å². The molecule has 4 aromatic rings. The zero-order valence-corrected chi connectivity index (χ0v) is 36.6. The van der Waals surface area contributed by atoms with Gasteiger partial charge in [0.2, 0.25) is 0 Å². The van der Waals surface area contributed by atoms with E-state index in [2.05, 4.69) is 181 Å². The van der Waals surface area contributed by atoms with Crippen LogP contribution in [0.2, 0.25) is 0 Å². The minimum absolute atomic E-state index is 1.11. The summed E-state index contributed by atoms with van der Waals surface area (Å²) in [6.45, 7) is 17.2. The summed E-state index contributed by atoms with van der Waals surface area (Å²) in [6.07, 6.45) is 30.0. The molecule has 0 bridgehead atoms. The van der Waals surface area contributed by atoms with Gasteiger partial charge in [0.05, 0.1) is 0 Å². The first kappa shape index (κ1) is 44.8. The molecule has 0 N–H and O–H groups in total. The zero-order valence-electron chi connectivity index (χ0n) is 36.6. The van der Waals surface area contributed by atoms with Gasteiger partial charge in [-0.15, -0.1) is 0 Å². The van der Waals surface area contributed by atoms with E-state index < -0.39 is 0 Å². The third-order valence-corrected chi connectivity index (χ3v) is 11.1. The normalized spacial score (nSPS) is 15.8. The van der Waals surface area contributed by atoms with E-state index in [1.165, 1.54) is 125 Å². The lowest BCUT2D eigenvalue weighted by molar-refractivity contribution is 0.669. The van der Waals surface area contributed by atoms with Crippen LogP contribution in [-0.2, 0) is 6.42 Å². The number of hydrogen-bond donors (Lipinski definition) is 0. The van der Waals surface area contributed by atoms with Crippen molar-refractivity contribution in [2.75, 3.05) is 0 Å². The molecule has 0 aliphatic heterocycles. The van der Waals surface area contributed by atoms with E-state index in [9.17, 15) is 0 Å². The summed E-state index contributed by atoms with van der Waals surface area (Å²) in [5, 5.41) is 0. The van der Waals surface area contributed by atoms with Crippen LogP contribution < -0.4 is 0 Å². The van der Waals surface area contributed by atoms with Gasteiger partial charge in [0, 0.05) is 0 Å². The van der Waals surface area contributed by atoms with Gasteiger partial charge in [0.25, 0.3) is 0 Å². The Morgan fingerprint density at radius 3 is 1.54 bits per heavy atom. The second kappa shape index (κ2) is 24.6. The van der Waals surface area contributed by atoms with Crippen molar-refractivity contribution in [3.8, 4) is 22.3 Å². The van der Waals surface area contributed by atoms with Crippen molar-refractivity contribution in [3.05, 3.63) is 201 Å². The predicted octanol–water partition coefficient (Wildman–Crippen LogP) is 17.4. The summed E-state index contributed by atoms with van der Waals surface area (Å²) in [5.41, 5.74) is 20.1. The Morgan fingerprint density at radius 1 is 0.474 bits per heavy atom. The molecular weight excluding hydrogens is 685 g/mol. The molecule has 4 aromatic carbocycles. The van der Waals surface area contributed by atoms with Gasteiger partial charge in [-0.25, -0.2) is 0 Å². The summed E-state index contributed by atoms with van der Waals surface area (Å²) in [7, 11) is 0. The van der Waals surface area contributed by atoms with E-state index in [0.29, 0.717) is 0 Å². The number of hydrogen-bond acceptors (Lipinski definition) is 0. The Kier molecular flexibility index (Phi) is 19.4. The molecular formula is C57H70. The van der Waals surface area contributed by atoms with E-state index in [0.717, 1.165) is 6.42 Å². The SMILES string of the molecule is CC.CC1=C(C2=C(C)CCCC2)CCC=C1.CC1=CC=C(C2=CCCC=C2)CC1.CCc1ccc(-c2ccc(C)cc2)cc1.Cc1ccc(-c2ccccc2)cc1. The van der Waals surface area contributed by atoms with Crippen LogP contribution in [-0.4, -0.2) is 0 Å². The topological polar surface area (TPSA) is 0 Å². The average molecular weight is 755 g/mol. The van der Waals surface area contributed by atoms with Crippen molar-refractivity contribution in [2.24, 2.45) is 0 Å². The van der Waals surface area contributed by atoms with E-state index in [4.69, 9.17) is 0 Å². The Labute approximate surface area is 348 Å². The van der Waals surface area contributed by atoms with Gasteiger partial charge in [0.1, 0.15) is 0 Å². The molecule has 0 heterocycles. The largest absolute Gasteiger partial charge is 0.0839 e. The van der Waals surface area contributed by atoms with Gasteiger partial charge in [-0.2, -0.15) is 0 Å². The zero-order chi connectivity index (χ0) is 40.8. The molecule has 0 saturated heterocycles. The number of rotatable bonds is 5. The van der Waals surface area contributed by atoms with Gasteiger partial charge >= 0.3 is 0 Å². The van der Waals surface area contributed by atoms with Crippen LogP contribution in [0.15, 0.2) is 185 Å². The molecule has 4 aliphatic carbocycles. The van der Waals surface area contributed by atoms with E-state index in [1.54, 1.807) is 16.7 Å². The predicted molar refractivity (Wildman–Crippen MR) is 254 cm³/mol. The van der Waals surface area contributed by atoms with Crippen molar-refractivity contribution in [1.29, 1.82) is 0 Å². The van der Waals surface area contributed by atoms with Crippen LogP contribution in [0.5, 0.6) is 0 Å². The molecule has 0 saturated carbocycles. The highest BCUT2D eigenvalue weighted by atomic mass is 14.2. The van der Waals surface area contributed by atoms with Crippen molar-refractivity contribution in [2.45, 2.75) is 126 Å². The summed E-state index contributed by atoms with van der Waals surface area (Å²) < 4.78 is 0. The molecule has 0 amide bonds. The van der Waals surface area contributed by atoms with Gasteiger partial charge < -0.3 is 0 Å². The molecule has 0 atom stereocenters. The van der Waals surface area contributed by atoms with E-state index in [-0.39, 0.29) is 0 Å². The van der Waals surface area contributed by atoms with Crippen molar-refractivity contribution in [3.63, 3.8) is 0 Å². The Hall–Kier alpha value is -4.94. The van der Waals surface area contributed by atoms with Gasteiger partial charge in [-0.3, -0.25) is 0 Å². The lowest BCUT2D eigenvalue weighted by Crippen LogP contribution is -2.03. The maximum Gasteiger partial charge on any atom is -0.0184 e. The van der Waals surface area contributed by atoms with Crippen LogP contribution in [0.3, 0.4) is 0 Å². The molecule has 0 heteroatoms. The number of allylic oxidation sites excluding steroid dienone is 14. The highest BCUT2D eigenvalue weighted by Gasteiger charge is 2.15. The van der Waals surface area contributed by atoms with Crippen LogP contribution in [0.4, 0.5) is 0 Å². The maximum absolute atomic E-state index is 2.36. The molecule has 4 aliphatic rings. The lowest BCUT2D eigenvalue weighted by Gasteiger charge is -2.23. The van der Waals surface area contributed by atoms with Crippen molar-refractivity contribution >= 4 is 0 Å². The fourth-order valence-electron chi connectivity index (χ4n) is 7.53. The van der Waals surface area contributed by atoms with Crippen LogP contribution in [0.1, 0.15) is 122 Å². The monoisotopic (exact) mass is 755 g/mol. The smallest absolute Gasteiger partial charge is 0.0184 e. The van der Waals surface area contributed by atoms with Crippen LogP contribution in [0, 0.1) is 13.8 Å². The van der Waals surface area contributed by atoms with Gasteiger partial charge in [-0.05, 0) is 161 Å². The third kappa shape index (κ3) is 14.8. The molecule has 8 rings (SSSR count). The minimum Gasteiger partial charge on any atom is -0.0839 e. The highest BCUT2D eigenvalue weighted by molar-refractivity contribution is 5.64. The second-order valence-electron chi connectivity index (χ2n) is 15.6. The molecule has 0 aromatic heterocycles. The molecule has 0 spiro atoms. The van der Waals surface area contributed by atoms with Crippen molar-refractivity contribution in [1.82, 2.24) is 0 Å². The summed E-state index contributed by atoms with van der Waals surface area (Å²) in [4.78, 5) is 0. The quantitative estimate of drug-likeness (QED) is 0.190. The molecule has 0 unspecified atom stereocenters. The fourth-order valence-corrected chi connectivity index (χ4v) is 7.53. The Bertz CT molecular complexity index is 2020. The number of aryl methyl sites for hydroxylation is 3. The molecule has 0 fully saturated rings. The minimum atomic E-state index is 1.11. The summed E-state index contributed by atoms with van der Waals surface area (Å²) in [6, 6.07) is 36.5. The van der Waals surface area contributed by atoms with Crippen LogP contribution in [0.25, 0.3) is 22.3 Å². The molecule has 298 valence electrons. The Morgan fingerprint density at radius 2 is 1.04 bits per heavy atom. The van der Waals surface area contributed by atoms with Crippen molar-refractivity contribution < 1.29 is 0 Å². The van der Waals surface area contributed by atoms with Crippen LogP contribution >= 0.6 is 0 Å². The molecule has 57 heavy (non-hydrogen) atoms. The maximum atomic E-state index is 2.36. The first-order chi connectivity index (χ1) is 27.8. The van der Waals surface area contributed by atoms with Gasteiger partial charge in [0.15, 0.2) is 0 Å². The third-order valence-electron chi connectivity index (χ3n) is 11.1. The highest BCUT2D eigenvalue weighted by Crippen LogP contribution is 2.35. The lowest BCUT2D eigenvalue weighted by atomic mass is 9.83. The van der Waals surface area contributed by atoms with E-state index in [1.807, 2.05) is 19.9 Å². The average Bonchev–Trinajstić information content (AvgIpc) is 3.27. The summed E-state index contributed by atoms with van der Waals surface area (Å²) >= 11 is 0. The Balaban J connectivity index is 0.000000166. The first-order valence-corrected chi connectivity index (χ1v) is 21.9. The fraction of sp³-hybridized carbons (Fsp3) is 0.333. The standard InChI is InChI=1S/C15H16.C14H20.C13H16.C13H12.C2H6/c1-3-13-6-10-15(11-7-13)14-8-4-12(2)5-9-14;1-11-7-3-5-9-13(11)14-10-6-4-8-12(14)2;2*1-11-7-9-13(10-8-11)12-5-3-2-4-6-12;1-2/h4-11H,3H2,1-2H3;3,7H,4-6,8-10H2,1-2H3;3,5-7,9H,2,4,8,10H2,1H3;2-10H,1H3;1-2H3. The van der Waals surface area contributed by atoms with E-state index >= 15 is 0 Å². The second-order valence-corrected chi connectivity index (χ2v) is 15.6.